The second-order valence-corrected chi connectivity index (χ2v) is 5.61. The van der Waals surface area contributed by atoms with Crippen molar-refractivity contribution in [1.29, 1.82) is 0 Å². The molecule has 2 N–H and O–H groups in total. The molecule has 2 heteroatoms. The zero-order valence-electron chi connectivity index (χ0n) is 8.92. The van der Waals surface area contributed by atoms with Gasteiger partial charge in [-0.1, -0.05) is 13.8 Å². The maximum atomic E-state index is 5.67. The Morgan fingerprint density at radius 2 is 2.08 bits per heavy atom. The largest absolute Gasteiger partial charge is 0.329 e. The van der Waals surface area contributed by atoms with Crippen LogP contribution < -0.4 is 5.73 Å². The molecule has 1 saturated heterocycles. The van der Waals surface area contributed by atoms with Crippen molar-refractivity contribution in [2.24, 2.45) is 17.1 Å². The summed E-state index contributed by atoms with van der Waals surface area (Å²) in [6.45, 7) is 8.21. The molecule has 2 rings (SSSR count). The molecular formula is C11H22N2. The Morgan fingerprint density at radius 3 is 2.46 bits per heavy atom. The van der Waals surface area contributed by atoms with Crippen LogP contribution in [-0.4, -0.2) is 30.6 Å². The molecule has 2 fully saturated rings. The summed E-state index contributed by atoms with van der Waals surface area (Å²) >= 11 is 0. The molecule has 1 saturated carbocycles. The van der Waals surface area contributed by atoms with E-state index in [0.29, 0.717) is 11.5 Å². The van der Waals surface area contributed by atoms with Crippen molar-refractivity contribution in [3.8, 4) is 0 Å². The van der Waals surface area contributed by atoms with E-state index < -0.39 is 0 Å². The summed E-state index contributed by atoms with van der Waals surface area (Å²) in [5.41, 5.74) is 6.30. The summed E-state index contributed by atoms with van der Waals surface area (Å²) in [6, 6.07) is 0.712. The van der Waals surface area contributed by atoms with Gasteiger partial charge >= 0.3 is 0 Å². The maximum absolute atomic E-state index is 5.67. The maximum Gasteiger partial charge on any atom is 0.0230 e. The van der Waals surface area contributed by atoms with E-state index in [0.717, 1.165) is 12.5 Å². The first kappa shape index (κ1) is 9.47. The normalized spacial score (nSPS) is 33.9. The minimum Gasteiger partial charge on any atom is -0.329 e. The number of nitrogens with two attached hydrogens (primary N) is 1. The molecule has 0 aromatic heterocycles. The van der Waals surface area contributed by atoms with E-state index in [1.165, 1.54) is 32.4 Å². The first-order valence-electron chi connectivity index (χ1n) is 5.55. The SMILES string of the molecule is CC1(C)CC(CN2CCC2CN)C1. The highest BCUT2D eigenvalue weighted by Crippen LogP contribution is 2.45. The molecule has 0 aromatic rings. The van der Waals surface area contributed by atoms with Crippen LogP contribution >= 0.6 is 0 Å². The van der Waals surface area contributed by atoms with Gasteiger partial charge in [0.05, 0.1) is 0 Å². The summed E-state index contributed by atoms with van der Waals surface area (Å²) in [6.07, 6.45) is 4.16. The molecule has 1 aliphatic heterocycles. The molecule has 0 radical (unpaired) electrons. The first-order chi connectivity index (χ1) is 6.11. The molecule has 0 amide bonds. The van der Waals surface area contributed by atoms with Crippen LogP contribution in [0, 0.1) is 11.3 Å². The lowest BCUT2D eigenvalue weighted by Gasteiger charge is -2.49. The number of rotatable bonds is 3. The molecule has 76 valence electrons. The zero-order valence-corrected chi connectivity index (χ0v) is 8.92. The van der Waals surface area contributed by atoms with Crippen LogP contribution in [0.4, 0.5) is 0 Å². The lowest BCUT2D eigenvalue weighted by molar-refractivity contribution is 0.0113. The number of hydrogen-bond donors (Lipinski definition) is 1. The number of hydrogen-bond acceptors (Lipinski definition) is 2. The average Bonchev–Trinajstić information content (AvgIpc) is 1.95. The van der Waals surface area contributed by atoms with Crippen LogP contribution in [0.2, 0.25) is 0 Å². The Kier molecular flexibility index (Phi) is 2.37. The summed E-state index contributed by atoms with van der Waals surface area (Å²) < 4.78 is 0. The smallest absolute Gasteiger partial charge is 0.0230 e. The fourth-order valence-corrected chi connectivity index (χ4v) is 2.97. The Morgan fingerprint density at radius 1 is 1.38 bits per heavy atom. The molecule has 2 nitrogen and oxygen atoms in total. The van der Waals surface area contributed by atoms with Crippen molar-refractivity contribution in [3.63, 3.8) is 0 Å². The molecule has 13 heavy (non-hydrogen) atoms. The molecule has 1 heterocycles. The van der Waals surface area contributed by atoms with Gasteiger partial charge in [0.25, 0.3) is 0 Å². The van der Waals surface area contributed by atoms with Crippen molar-refractivity contribution in [2.45, 2.75) is 39.2 Å². The van der Waals surface area contributed by atoms with Crippen LogP contribution in [0.25, 0.3) is 0 Å². The van der Waals surface area contributed by atoms with Crippen LogP contribution in [0.3, 0.4) is 0 Å². The van der Waals surface area contributed by atoms with Crippen molar-refractivity contribution in [3.05, 3.63) is 0 Å². The van der Waals surface area contributed by atoms with Gasteiger partial charge in [0, 0.05) is 25.7 Å². The Hall–Kier alpha value is -0.0800. The summed E-state index contributed by atoms with van der Waals surface area (Å²) in [7, 11) is 0. The predicted molar refractivity (Wildman–Crippen MR) is 55.5 cm³/mol. The molecule has 0 bridgehead atoms. The van der Waals surface area contributed by atoms with Gasteiger partial charge in [-0.2, -0.15) is 0 Å². The average molecular weight is 182 g/mol. The standard InChI is InChI=1S/C11H22N2/c1-11(2)5-9(6-11)8-13-4-3-10(13)7-12/h9-10H,3-8,12H2,1-2H3. The van der Waals surface area contributed by atoms with Gasteiger partial charge in [0.15, 0.2) is 0 Å². The molecule has 1 unspecified atom stereocenters. The fourth-order valence-electron chi connectivity index (χ4n) is 2.97. The minimum absolute atomic E-state index is 0.633. The number of nitrogens with zero attached hydrogens (tertiary/aromatic N) is 1. The Labute approximate surface area is 81.5 Å². The third kappa shape index (κ3) is 1.89. The van der Waals surface area contributed by atoms with Crippen LogP contribution in [0.5, 0.6) is 0 Å². The third-order valence-corrected chi connectivity index (χ3v) is 3.71. The lowest BCUT2D eigenvalue weighted by Crippen LogP contribution is -2.55. The van der Waals surface area contributed by atoms with E-state index in [1.54, 1.807) is 0 Å². The van der Waals surface area contributed by atoms with E-state index in [1.807, 2.05) is 0 Å². The van der Waals surface area contributed by atoms with Gasteiger partial charge in [-0.25, -0.2) is 0 Å². The van der Waals surface area contributed by atoms with E-state index in [2.05, 4.69) is 18.7 Å². The molecule has 1 aliphatic carbocycles. The molecule has 2 aliphatic rings. The third-order valence-electron chi connectivity index (χ3n) is 3.71. The molecular weight excluding hydrogens is 160 g/mol. The Balaban J connectivity index is 1.69. The second kappa shape index (κ2) is 3.25. The van der Waals surface area contributed by atoms with Crippen LogP contribution in [0.15, 0.2) is 0 Å². The minimum atomic E-state index is 0.633. The Bertz CT molecular complexity index is 179. The highest BCUT2D eigenvalue weighted by atomic mass is 15.2. The predicted octanol–water partition coefficient (Wildman–Crippen LogP) is 1.46. The molecule has 0 aromatic carbocycles. The van der Waals surface area contributed by atoms with Gasteiger partial charge < -0.3 is 5.73 Å². The van der Waals surface area contributed by atoms with E-state index in [9.17, 15) is 0 Å². The van der Waals surface area contributed by atoms with Gasteiger partial charge in [0.1, 0.15) is 0 Å². The fraction of sp³-hybridized carbons (Fsp3) is 1.00. The monoisotopic (exact) mass is 182 g/mol. The first-order valence-corrected chi connectivity index (χ1v) is 5.55. The van der Waals surface area contributed by atoms with Crippen LogP contribution in [-0.2, 0) is 0 Å². The van der Waals surface area contributed by atoms with Gasteiger partial charge in [-0.3, -0.25) is 4.90 Å². The van der Waals surface area contributed by atoms with Gasteiger partial charge in [-0.15, -0.1) is 0 Å². The van der Waals surface area contributed by atoms with Crippen molar-refractivity contribution < 1.29 is 0 Å². The van der Waals surface area contributed by atoms with Gasteiger partial charge in [0.2, 0.25) is 0 Å². The van der Waals surface area contributed by atoms with E-state index in [-0.39, 0.29) is 0 Å². The second-order valence-electron chi connectivity index (χ2n) is 5.61. The summed E-state index contributed by atoms with van der Waals surface area (Å²) in [5, 5.41) is 0. The topological polar surface area (TPSA) is 29.3 Å². The lowest BCUT2D eigenvalue weighted by atomic mass is 9.64. The highest BCUT2D eigenvalue weighted by Gasteiger charge is 2.39. The van der Waals surface area contributed by atoms with Crippen molar-refractivity contribution >= 4 is 0 Å². The molecule has 0 spiro atoms. The molecule has 1 atom stereocenters. The van der Waals surface area contributed by atoms with E-state index >= 15 is 0 Å². The summed E-state index contributed by atoms with van der Waals surface area (Å²) in [4.78, 5) is 2.57. The van der Waals surface area contributed by atoms with Gasteiger partial charge in [-0.05, 0) is 30.6 Å². The zero-order chi connectivity index (χ0) is 9.47. The van der Waals surface area contributed by atoms with Crippen molar-refractivity contribution in [1.82, 2.24) is 4.90 Å². The highest BCUT2D eigenvalue weighted by molar-refractivity contribution is 4.92. The number of likely N-dealkylation sites (tertiary alicyclic amines) is 1. The van der Waals surface area contributed by atoms with E-state index in [4.69, 9.17) is 5.73 Å². The van der Waals surface area contributed by atoms with Crippen LogP contribution in [0.1, 0.15) is 33.1 Å². The van der Waals surface area contributed by atoms with Crippen molar-refractivity contribution in [2.75, 3.05) is 19.6 Å². The quantitative estimate of drug-likeness (QED) is 0.716. The summed E-state index contributed by atoms with van der Waals surface area (Å²) in [5.74, 6) is 0.962.